The molecule has 0 atom stereocenters. The zero-order chi connectivity index (χ0) is 12.7. The van der Waals surface area contributed by atoms with E-state index in [1.807, 2.05) is 6.07 Å². The van der Waals surface area contributed by atoms with Gasteiger partial charge in [-0.3, -0.25) is 0 Å². The summed E-state index contributed by atoms with van der Waals surface area (Å²) >= 11 is 4.94. The number of fused-ring (bicyclic) bond motifs is 1. The number of aryl methyl sites for hydroxylation is 2. The van der Waals surface area contributed by atoms with Gasteiger partial charge in [-0.1, -0.05) is 0 Å². The third kappa shape index (κ3) is 1.75. The quantitative estimate of drug-likeness (QED) is 0.469. The van der Waals surface area contributed by atoms with Crippen molar-refractivity contribution in [3.05, 3.63) is 46.2 Å². The van der Waals surface area contributed by atoms with Crippen LogP contribution in [-0.4, -0.2) is 20.1 Å². The van der Waals surface area contributed by atoms with Gasteiger partial charge in [0.25, 0.3) is 0 Å². The van der Waals surface area contributed by atoms with Crippen molar-refractivity contribution in [3.8, 4) is 5.82 Å². The molecule has 0 aliphatic rings. The predicted octanol–water partition coefficient (Wildman–Crippen LogP) is 1.04. The Morgan fingerprint density at radius 2 is 1.83 bits per heavy atom. The average Bonchev–Trinajstić information content (AvgIpc) is 2.68. The van der Waals surface area contributed by atoms with Crippen LogP contribution in [0.2, 0.25) is 0 Å². The SMILES string of the molecule is C[n+]1ccccc1-n1c(=[Se])sc2ccc[n+](C)c21. The average molecular weight is 322 g/mol. The summed E-state index contributed by atoms with van der Waals surface area (Å²) in [5.74, 6) is 1.15. The van der Waals surface area contributed by atoms with E-state index in [1.165, 1.54) is 10.3 Å². The van der Waals surface area contributed by atoms with Gasteiger partial charge in [-0.25, -0.2) is 0 Å². The Morgan fingerprint density at radius 3 is 2.61 bits per heavy atom. The summed E-state index contributed by atoms with van der Waals surface area (Å²) in [4.78, 5) is 0. The van der Waals surface area contributed by atoms with Gasteiger partial charge >= 0.3 is 117 Å². The summed E-state index contributed by atoms with van der Waals surface area (Å²) in [7, 11) is 4.14. The first kappa shape index (κ1) is 11.8. The zero-order valence-corrected chi connectivity index (χ0v) is 12.7. The van der Waals surface area contributed by atoms with Crippen LogP contribution in [0.4, 0.5) is 0 Å². The van der Waals surface area contributed by atoms with Gasteiger partial charge < -0.3 is 0 Å². The number of pyridine rings is 2. The molecule has 3 nitrogen and oxygen atoms in total. The number of aromatic nitrogens is 3. The monoisotopic (exact) mass is 323 g/mol. The molecule has 0 radical (unpaired) electrons. The molecule has 0 aliphatic heterocycles. The topological polar surface area (TPSA) is 12.7 Å². The molecule has 0 aliphatic carbocycles. The van der Waals surface area contributed by atoms with Crippen LogP contribution in [0, 0.1) is 3.51 Å². The van der Waals surface area contributed by atoms with E-state index >= 15 is 0 Å². The van der Waals surface area contributed by atoms with E-state index in [2.05, 4.69) is 80.0 Å². The third-order valence-corrected chi connectivity index (χ3v) is 4.76. The maximum absolute atomic E-state index is 3.17. The summed E-state index contributed by atoms with van der Waals surface area (Å²) in [6, 6.07) is 10.5. The first-order chi connectivity index (χ1) is 8.68. The van der Waals surface area contributed by atoms with Crippen LogP contribution in [0.5, 0.6) is 0 Å². The first-order valence-corrected chi connectivity index (χ1v) is 7.31. The minimum absolute atomic E-state index is 1.15. The van der Waals surface area contributed by atoms with Gasteiger partial charge in [0, 0.05) is 0 Å². The van der Waals surface area contributed by atoms with Crippen molar-refractivity contribution in [2.45, 2.75) is 0 Å². The Bertz CT molecular complexity index is 788. The number of rotatable bonds is 1. The van der Waals surface area contributed by atoms with E-state index in [-0.39, 0.29) is 0 Å². The summed E-state index contributed by atoms with van der Waals surface area (Å²) in [5, 5.41) is 0. The van der Waals surface area contributed by atoms with Crippen LogP contribution in [-0.2, 0) is 14.1 Å². The Balaban J connectivity index is 2.47. The molecule has 0 saturated carbocycles. The molecule has 3 aromatic rings. The van der Waals surface area contributed by atoms with E-state index in [9.17, 15) is 0 Å². The van der Waals surface area contributed by atoms with Crippen molar-refractivity contribution in [3.63, 3.8) is 0 Å². The molecule has 0 saturated heterocycles. The van der Waals surface area contributed by atoms with Gasteiger partial charge in [0.05, 0.1) is 0 Å². The summed E-state index contributed by atoms with van der Waals surface area (Å²) in [6.07, 6.45) is 4.14. The fourth-order valence-corrected chi connectivity index (χ4v) is 3.98. The molecule has 3 heterocycles. The molecule has 0 bridgehead atoms. The molecule has 5 heteroatoms. The van der Waals surface area contributed by atoms with Crippen LogP contribution in [0.15, 0.2) is 42.7 Å². The standard InChI is InChI=1S/C13H13N3SSe/c1-14-8-4-3-7-11(14)16-12-10(17-13(16)18)6-5-9-15(12)2/h3-9H,1-2H3/q+2. The third-order valence-electron chi connectivity index (χ3n) is 2.96. The van der Waals surface area contributed by atoms with Crippen molar-refractivity contribution < 1.29 is 9.13 Å². The molecule has 18 heavy (non-hydrogen) atoms. The molecule has 3 aromatic heterocycles. The second-order valence-corrected chi connectivity index (χ2v) is 6.61. The zero-order valence-electron chi connectivity index (χ0n) is 10.2. The number of hydrogen-bond acceptors (Lipinski definition) is 1. The molecular weight excluding hydrogens is 309 g/mol. The summed E-state index contributed by atoms with van der Waals surface area (Å²) in [5.41, 5.74) is 1.21. The Kier molecular flexibility index (Phi) is 2.90. The van der Waals surface area contributed by atoms with Crippen LogP contribution >= 0.6 is 11.3 Å². The second-order valence-electron chi connectivity index (χ2n) is 4.18. The minimum atomic E-state index is 1.15. The predicted molar refractivity (Wildman–Crippen MR) is 72.5 cm³/mol. The van der Waals surface area contributed by atoms with Crippen molar-refractivity contribution in [1.82, 2.24) is 4.57 Å². The second kappa shape index (κ2) is 4.43. The molecule has 3 rings (SSSR count). The molecule has 0 unspecified atom stereocenters. The van der Waals surface area contributed by atoms with Crippen molar-refractivity contribution in [2.75, 3.05) is 0 Å². The van der Waals surface area contributed by atoms with Crippen LogP contribution in [0.3, 0.4) is 0 Å². The Morgan fingerprint density at radius 1 is 1.06 bits per heavy atom. The van der Waals surface area contributed by atoms with E-state index in [0.29, 0.717) is 0 Å². The first-order valence-electron chi connectivity index (χ1n) is 5.64. The van der Waals surface area contributed by atoms with Gasteiger partial charge in [-0.05, 0) is 0 Å². The molecule has 0 amide bonds. The number of nitrogens with zero attached hydrogens (tertiary/aromatic N) is 3. The van der Waals surface area contributed by atoms with Gasteiger partial charge in [-0.15, -0.1) is 0 Å². The summed E-state index contributed by atoms with van der Waals surface area (Å²) < 4.78 is 8.96. The van der Waals surface area contributed by atoms with Crippen LogP contribution in [0.25, 0.3) is 16.2 Å². The number of thiazole rings is 1. The normalized spacial score (nSPS) is 11.0. The fraction of sp³-hybridized carbons (Fsp3) is 0.154. The molecule has 0 N–H and O–H groups in total. The van der Waals surface area contributed by atoms with E-state index in [0.717, 1.165) is 9.33 Å². The molecule has 0 fully saturated rings. The molecular formula is C13H13N3SSe+2. The Hall–Kier alpha value is -1.29. The Labute approximate surface area is 117 Å². The molecule has 0 aromatic carbocycles. The van der Waals surface area contributed by atoms with E-state index < -0.39 is 0 Å². The fourth-order valence-electron chi connectivity index (χ4n) is 2.10. The molecule has 90 valence electrons. The van der Waals surface area contributed by atoms with E-state index in [1.54, 1.807) is 11.3 Å². The van der Waals surface area contributed by atoms with Gasteiger partial charge in [-0.2, -0.15) is 0 Å². The van der Waals surface area contributed by atoms with Gasteiger partial charge in [0.15, 0.2) is 0 Å². The van der Waals surface area contributed by atoms with Crippen LogP contribution in [0.1, 0.15) is 0 Å². The van der Waals surface area contributed by atoms with Gasteiger partial charge in [0.1, 0.15) is 0 Å². The van der Waals surface area contributed by atoms with Crippen molar-refractivity contribution >= 4 is 37.3 Å². The van der Waals surface area contributed by atoms with E-state index in [4.69, 9.17) is 0 Å². The van der Waals surface area contributed by atoms with Gasteiger partial charge in [0.2, 0.25) is 0 Å². The summed E-state index contributed by atoms with van der Waals surface area (Å²) in [6.45, 7) is 0. The van der Waals surface area contributed by atoms with Crippen molar-refractivity contribution in [1.29, 1.82) is 0 Å². The van der Waals surface area contributed by atoms with Crippen molar-refractivity contribution in [2.24, 2.45) is 14.1 Å². The maximum atomic E-state index is 3.17. The number of hydrogen-bond donors (Lipinski definition) is 0. The van der Waals surface area contributed by atoms with Crippen LogP contribution < -0.4 is 9.13 Å². The molecule has 0 spiro atoms.